The summed E-state index contributed by atoms with van der Waals surface area (Å²) < 4.78 is 12.6. The Morgan fingerprint density at radius 3 is 2.85 bits per heavy atom. The number of benzene rings is 1. The first-order valence-electron chi connectivity index (χ1n) is 8.73. The summed E-state index contributed by atoms with van der Waals surface area (Å²) in [6.07, 6.45) is 2.10. The number of aromatic nitrogens is 2. The molecular formula is C19H23N3O5. The topological polar surface area (TPSA) is 102 Å². The van der Waals surface area contributed by atoms with Crippen LogP contribution in [0.2, 0.25) is 0 Å². The fraction of sp³-hybridized carbons (Fsp3) is 0.421. The van der Waals surface area contributed by atoms with E-state index in [1.807, 2.05) is 32.0 Å². The van der Waals surface area contributed by atoms with Gasteiger partial charge < -0.3 is 19.4 Å². The van der Waals surface area contributed by atoms with Crippen LogP contribution in [0.5, 0.6) is 11.5 Å². The van der Waals surface area contributed by atoms with Gasteiger partial charge in [-0.1, -0.05) is 0 Å². The Bertz CT molecular complexity index is 960. The number of nitrogens with one attached hydrogen (secondary N) is 2. The number of ether oxygens (including phenoxy) is 2. The van der Waals surface area contributed by atoms with E-state index in [1.165, 1.54) is 16.8 Å². The zero-order valence-corrected chi connectivity index (χ0v) is 15.6. The molecule has 0 saturated heterocycles. The van der Waals surface area contributed by atoms with E-state index < -0.39 is 16.9 Å². The molecule has 1 aromatic heterocycles. The molecule has 0 unspecified atom stereocenters. The number of H-pyrrole nitrogens is 1. The van der Waals surface area contributed by atoms with Crippen LogP contribution in [0.15, 0.2) is 40.1 Å². The molecule has 0 aliphatic carbocycles. The molecule has 3 rings (SSSR count). The lowest BCUT2D eigenvalue weighted by molar-refractivity contribution is -0.122. The minimum atomic E-state index is -0.530. The molecule has 1 aliphatic rings. The number of fused-ring (bicyclic) bond motifs is 1. The van der Waals surface area contributed by atoms with Crippen molar-refractivity contribution >= 4 is 5.91 Å². The molecule has 1 aliphatic heterocycles. The number of aryl methyl sites for hydroxylation is 1. The van der Waals surface area contributed by atoms with E-state index in [1.54, 1.807) is 7.11 Å². The highest BCUT2D eigenvalue weighted by Crippen LogP contribution is 2.41. The number of methoxy groups -OCH3 is 1. The van der Waals surface area contributed by atoms with Crippen molar-refractivity contribution in [3.05, 3.63) is 56.9 Å². The second-order valence-corrected chi connectivity index (χ2v) is 7.14. The quantitative estimate of drug-likeness (QED) is 0.824. The first-order valence-corrected chi connectivity index (χ1v) is 8.73. The molecule has 27 heavy (non-hydrogen) atoms. The minimum Gasteiger partial charge on any atom is -0.497 e. The number of hydrogen-bond donors (Lipinski definition) is 2. The first kappa shape index (κ1) is 18.8. The van der Waals surface area contributed by atoms with Crippen molar-refractivity contribution in [2.45, 2.75) is 44.9 Å². The first-order chi connectivity index (χ1) is 12.8. The third-order valence-electron chi connectivity index (χ3n) is 4.49. The van der Waals surface area contributed by atoms with E-state index in [0.717, 1.165) is 5.56 Å². The average molecular weight is 373 g/mol. The Morgan fingerprint density at radius 1 is 1.37 bits per heavy atom. The second-order valence-electron chi connectivity index (χ2n) is 7.14. The monoisotopic (exact) mass is 373 g/mol. The van der Waals surface area contributed by atoms with Crippen molar-refractivity contribution in [1.29, 1.82) is 0 Å². The molecule has 0 fully saturated rings. The molecule has 1 atom stereocenters. The zero-order chi connectivity index (χ0) is 19.6. The van der Waals surface area contributed by atoms with Crippen LogP contribution in [0.1, 0.15) is 38.3 Å². The van der Waals surface area contributed by atoms with Gasteiger partial charge in [-0.25, -0.2) is 4.79 Å². The van der Waals surface area contributed by atoms with Crippen molar-refractivity contribution in [2.75, 3.05) is 7.11 Å². The highest BCUT2D eigenvalue weighted by Gasteiger charge is 2.34. The molecule has 2 heterocycles. The van der Waals surface area contributed by atoms with Gasteiger partial charge in [0.25, 0.3) is 5.56 Å². The Kier molecular flexibility index (Phi) is 5.07. The normalized spacial score (nSPS) is 17.5. The van der Waals surface area contributed by atoms with Crippen molar-refractivity contribution in [3.63, 3.8) is 0 Å². The second kappa shape index (κ2) is 7.30. The van der Waals surface area contributed by atoms with Crippen LogP contribution < -0.4 is 26.0 Å². The Labute approximate surface area is 156 Å². The molecule has 1 amide bonds. The summed E-state index contributed by atoms with van der Waals surface area (Å²) in [5.41, 5.74) is -0.549. The summed E-state index contributed by atoms with van der Waals surface area (Å²) >= 11 is 0. The van der Waals surface area contributed by atoms with Gasteiger partial charge in [-0.15, -0.1) is 0 Å². The number of carbonyl (C=O) groups is 1. The summed E-state index contributed by atoms with van der Waals surface area (Å²) in [6, 6.07) is 6.55. The van der Waals surface area contributed by atoms with Crippen LogP contribution in [-0.2, 0) is 11.3 Å². The van der Waals surface area contributed by atoms with Crippen molar-refractivity contribution in [1.82, 2.24) is 14.9 Å². The molecule has 144 valence electrons. The van der Waals surface area contributed by atoms with Gasteiger partial charge in [-0.2, -0.15) is 0 Å². The number of aromatic amines is 1. The van der Waals surface area contributed by atoms with Crippen LogP contribution in [0, 0.1) is 0 Å². The molecule has 2 N–H and O–H groups in total. The summed E-state index contributed by atoms with van der Waals surface area (Å²) in [5, 5.41) is 3.02. The molecule has 0 spiro atoms. The summed E-state index contributed by atoms with van der Waals surface area (Å²) in [6.45, 7) is 4.12. The number of nitrogens with zero attached hydrogens (tertiary/aromatic N) is 1. The average Bonchev–Trinajstić information content (AvgIpc) is 2.60. The van der Waals surface area contributed by atoms with Gasteiger partial charge in [-0.3, -0.25) is 14.6 Å². The maximum absolute atomic E-state index is 12.5. The van der Waals surface area contributed by atoms with Crippen LogP contribution in [0.3, 0.4) is 0 Å². The van der Waals surface area contributed by atoms with Crippen LogP contribution in [-0.4, -0.2) is 28.2 Å². The van der Waals surface area contributed by atoms with Gasteiger partial charge in [0.15, 0.2) is 0 Å². The summed E-state index contributed by atoms with van der Waals surface area (Å²) in [4.78, 5) is 37.4. The third-order valence-corrected chi connectivity index (χ3v) is 4.49. The lowest BCUT2D eigenvalue weighted by Crippen LogP contribution is -2.41. The molecule has 8 heteroatoms. The van der Waals surface area contributed by atoms with E-state index in [9.17, 15) is 14.4 Å². The Hall–Kier alpha value is -3.03. The van der Waals surface area contributed by atoms with E-state index in [4.69, 9.17) is 9.47 Å². The SMILES string of the molecule is COc1ccc2c(c1)[C@@H](NC(=O)CCn1ccc(=O)[nH]c1=O)CC(C)(C)O2. The fourth-order valence-corrected chi connectivity index (χ4v) is 3.20. The maximum atomic E-state index is 12.5. The fourth-order valence-electron chi connectivity index (χ4n) is 3.20. The van der Waals surface area contributed by atoms with E-state index >= 15 is 0 Å². The number of amides is 1. The predicted molar refractivity (Wildman–Crippen MR) is 99.1 cm³/mol. The van der Waals surface area contributed by atoms with Gasteiger partial charge in [0.1, 0.15) is 17.1 Å². The van der Waals surface area contributed by atoms with Crippen molar-refractivity contribution in [3.8, 4) is 11.5 Å². The number of rotatable bonds is 5. The maximum Gasteiger partial charge on any atom is 0.328 e. The van der Waals surface area contributed by atoms with Crippen LogP contribution >= 0.6 is 0 Å². The Balaban J connectivity index is 1.73. The molecule has 0 radical (unpaired) electrons. The Morgan fingerprint density at radius 2 is 2.15 bits per heavy atom. The van der Waals surface area contributed by atoms with Gasteiger partial charge in [-0.05, 0) is 32.0 Å². The number of carbonyl (C=O) groups excluding carboxylic acids is 1. The molecule has 1 aromatic carbocycles. The lowest BCUT2D eigenvalue weighted by Gasteiger charge is -2.38. The van der Waals surface area contributed by atoms with Crippen molar-refractivity contribution in [2.24, 2.45) is 0 Å². The van der Waals surface area contributed by atoms with E-state index in [0.29, 0.717) is 17.9 Å². The van der Waals surface area contributed by atoms with Gasteiger partial charge in [0, 0.05) is 37.2 Å². The summed E-state index contributed by atoms with van der Waals surface area (Å²) in [5.74, 6) is 1.22. The highest BCUT2D eigenvalue weighted by atomic mass is 16.5. The third kappa shape index (κ3) is 4.39. The minimum absolute atomic E-state index is 0.114. The van der Waals surface area contributed by atoms with Gasteiger partial charge in [0.05, 0.1) is 13.2 Å². The van der Waals surface area contributed by atoms with Crippen molar-refractivity contribution < 1.29 is 14.3 Å². The predicted octanol–water partition coefficient (Wildman–Crippen LogP) is 1.35. The molecule has 0 saturated carbocycles. The zero-order valence-electron chi connectivity index (χ0n) is 15.6. The smallest absolute Gasteiger partial charge is 0.328 e. The largest absolute Gasteiger partial charge is 0.497 e. The summed E-state index contributed by atoms with van der Waals surface area (Å²) in [7, 11) is 1.59. The van der Waals surface area contributed by atoms with E-state index in [-0.39, 0.29) is 24.9 Å². The van der Waals surface area contributed by atoms with Gasteiger partial charge >= 0.3 is 5.69 Å². The highest BCUT2D eigenvalue weighted by molar-refractivity contribution is 5.76. The molecule has 8 nitrogen and oxygen atoms in total. The molecular weight excluding hydrogens is 350 g/mol. The van der Waals surface area contributed by atoms with E-state index in [2.05, 4.69) is 10.3 Å². The van der Waals surface area contributed by atoms with Gasteiger partial charge in [0.2, 0.25) is 5.91 Å². The molecule has 0 bridgehead atoms. The lowest BCUT2D eigenvalue weighted by atomic mass is 9.89. The van der Waals surface area contributed by atoms with Crippen LogP contribution in [0.25, 0.3) is 0 Å². The standard InChI is InChI=1S/C19H23N3O5/c1-19(2)11-14(13-10-12(26-3)4-5-15(13)27-19)20-16(23)6-8-22-9-7-17(24)21-18(22)25/h4-5,7,9-10,14H,6,8,11H2,1-3H3,(H,20,23)(H,21,24,25)/t14-/m0/s1. The van der Waals surface area contributed by atoms with Crippen LogP contribution in [0.4, 0.5) is 0 Å². The number of hydrogen-bond acceptors (Lipinski definition) is 5. The molecule has 2 aromatic rings.